The van der Waals surface area contributed by atoms with Gasteiger partial charge in [-0.2, -0.15) is 21.6 Å². The van der Waals surface area contributed by atoms with Crippen LogP contribution in [0.2, 0.25) is 0 Å². The smallest absolute Gasteiger partial charge is 0.279 e. The Kier molecular flexibility index (Phi) is 3.95. The highest BCUT2D eigenvalue weighted by Crippen LogP contribution is 2.34. The van der Waals surface area contributed by atoms with Gasteiger partial charge in [-0.3, -0.25) is 9.69 Å². The minimum atomic E-state index is -4.97. The first-order valence-corrected chi connectivity index (χ1v) is 7.57. The van der Waals surface area contributed by atoms with Crippen molar-refractivity contribution in [3.05, 3.63) is 16.4 Å². The van der Waals surface area contributed by atoms with Crippen LogP contribution in [0.3, 0.4) is 0 Å². The Hall–Kier alpha value is -1.30. The molecule has 0 aromatic carbocycles. The summed E-state index contributed by atoms with van der Waals surface area (Å²) < 4.78 is 72.0. The number of anilines is 1. The third-order valence-electron chi connectivity index (χ3n) is 2.73. The summed E-state index contributed by atoms with van der Waals surface area (Å²) in [5.41, 5.74) is -1.31. The lowest BCUT2D eigenvalue weighted by Gasteiger charge is -2.16. The van der Waals surface area contributed by atoms with Gasteiger partial charge in [-0.05, 0) is 15.9 Å². The molecule has 1 aliphatic heterocycles. The van der Waals surface area contributed by atoms with Crippen molar-refractivity contribution in [1.29, 1.82) is 0 Å². The predicted octanol–water partition coefficient (Wildman–Crippen LogP) is 1.66. The lowest BCUT2D eigenvalue weighted by atomic mass is 10.4. The van der Waals surface area contributed by atoms with E-state index < -0.39 is 56.6 Å². The second kappa shape index (κ2) is 5.16. The Labute approximate surface area is 124 Å². The quantitative estimate of drug-likeness (QED) is 0.565. The minimum Gasteiger partial charge on any atom is -0.279 e. The molecule has 21 heavy (non-hydrogen) atoms. The third kappa shape index (κ3) is 3.31. The van der Waals surface area contributed by atoms with Gasteiger partial charge in [-0.1, -0.05) is 0 Å². The van der Waals surface area contributed by atoms with Crippen molar-refractivity contribution in [2.75, 3.05) is 11.4 Å². The van der Waals surface area contributed by atoms with E-state index in [0.29, 0.717) is 4.90 Å². The number of hydrogen-bond donors (Lipinski definition) is 0. The summed E-state index contributed by atoms with van der Waals surface area (Å²) in [5, 5.41) is -1.63. The lowest BCUT2D eigenvalue weighted by molar-refractivity contribution is -0.141. The molecule has 0 spiro atoms. The van der Waals surface area contributed by atoms with Gasteiger partial charge in [0.15, 0.2) is 5.69 Å². The maximum Gasteiger partial charge on any atom is 0.434 e. The van der Waals surface area contributed by atoms with Crippen LogP contribution in [0.4, 0.5) is 23.0 Å². The molecule has 1 saturated heterocycles. The van der Waals surface area contributed by atoms with Crippen molar-refractivity contribution >= 4 is 38.0 Å². The standard InChI is InChI=1S/C9H6BrF4N3O3S/c10-5-2-15-8(16-7(5)9(11,12)13)17-3-4(1-6(17)18)21(14,19)20/h2,4H,1,3H2. The average Bonchev–Trinajstić information content (AvgIpc) is 2.70. The number of alkyl halides is 3. The fourth-order valence-electron chi connectivity index (χ4n) is 1.74. The number of nitrogens with zero attached hydrogens (tertiary/aromatic N) is 3. The van der Waals surface area contributed by atoms with Crippen LogP contribution < -0.4 is 4.90 Å². The number of aromatic nitrogens is 2. The molecule has 0 bridgehead atoms. The monoisotopic (exact) mass is 391 g/mol. The Morgan fingerprint density at radius 1 is 1.38 bits per heavy atom. The van der Waals surface area contributed by atoms with E-state index in [1.165, 1.54) is 0 Å². The van der Waals surface area contributed by atoms with Crippen LogP contribution in [-0.4, -0.2) is 36.1 Å². The zero-order valence-corrected chi connectivity index (χ0v) is 12.3. The molecule has 1 amide bonds. The Bertz CT molecular complexity index is 694. The largest absolute Gasteiger partial charge is 0.434 e. The number of carbonyl (C=O) groups is 1. The molecule has 1 aromatic rings. The third-order valence-corrected chi connectivity index (χ3v) is 4.42. The Morgan fingerprint density at radius 3 is 2.48 bits per heavy atom. The normalized spacial score (nSPS) is 20.1. The zero-order valence-electron chi connectivity index (χ0n) is 9.93. The van der Waals surface area contributed by atoms with Gasteiger partial charge in [0.2, 0.25) is 11.9 Å². The van der Waals surface area contributed by atoms with Crippen molar-refractivity contribution < 1.29 is 30.3 Å². The first kappa shape index (κ1) is 16.1. The summed E-state index contributed by atoms with van der Waals surface area (Å²) >= 11 is 2.63. The van der Waals surface area contributed by atoms with E-state index in [0.717, 1.165) is 6.20 Å². The molecule has 116 valence electrons. The van der Waals surface area contributed by atoms with Crippen LogP contribution in [0.5, 0.6) is 0 Å². The summed E-state index contributed by atoms with van der Waals surface area (Å²) in [6.07, 6.45) is -4.67. The van der Waals surface area contributed by atoms with Crippen molar-refractivity contribution in [2.45, 2.75) is 17.8 Å². The summed E-state index contributed by atoms with van der Waals surface area (Å²) in [6, 6.07) is 0. The molecule has 2 rings (SSSR count). The summed E-state index contributed by atoms with van der Waals surface area (Å²) in [6.45, 7) is -0.628. The van der Waals surface area contributed by atoms with Gasteiger partial charge in [-0.25, -0.2) is 9.97 Å². The molecule has 1 aliphatic rings. The van der Waals surface area contributed by atoms with E-state index in [2.05, 4.69) is 25.9 Å². The summed E-state index contributed by atoms with van der Waals surface area (Å²) in [4.78, 5) is 18.9. The maximum absolute atomic E-state index is 12.9. The molecule has 6 nitrogen and oxygen atoms in total. The minimum absolute atomic E-state index is 0.431. The van der Waals surface area contributed by atoms with Crippen molar-refractivity contribution in [1.82, 2.24) is 9.97 Å². The van der Waals surface area contributed by atoms with E-state index in [-0.39, 0.29) is 0 Å². The van der Waals surface area contributed by atoms with E-state index in [4.69, 9.17) is 0 Å². The molecule has 0 aliphatic carbocycles. The van der Waals surface area contributed by atoms with Gasteiger partial charge < -0.3 is 0 Å². The predicted molar refractivity (Wildman–Crippen MR) is 65.5 cm³/mol. The van der Waals surface area contributed by atoms with Crippen molar-refractivity contribution in [2.24, 2.45) is 0 Å². The molecular weight excluding hydrogens is 386 g/mol. The summed E-state index contributed by atoms with van der Waals surface area (Å²) in [7, 11) is -4.97. The molecule has 1 unspecified atom stereocenters. The lowest BCUT2D eigenvalue weighted by Crippen LogP contribution is -2.29. The van der Waals surface area contributed by atoms with E-state index in [9.17, 15) is 30.3 Å². The van der Waals surface area contributed by atoms with Gasteiger partial charge in [0.25, 0.3) is 0 Å². The van der Waals surface area contributed by atoms with Crippen LogP contribution in [0, 0.1) is 0 Å². The summed E-state index contributed by atoms with van der Waals surface area (Å²) in [5.74, 6) is -1.49. The Morgan fingerprint density at radius 2 is 2.00 bits per heavy atom. The van der Waals surface area contributed by atoms with E-state index in [1.807, 2.05) is 0 Å². The van der Waals surface area contributed by atoms with Gasteiger partial charge in [0, 0.05) is 19.2 Å². The fraction of sp³-hybridized carbons (Fsp3) is 0.444. The zero-order chi connectivity index (χ0) is 16.0. The molecule has 2 heterocycles. The number of amides is 1. The van der Waals surface area contributed by atoms with E-state index >= 15 is 0 Å². The van der Waals surface area contributed by atoms with Gasteiger partial charge in [-0.15, -0.1) is 3.89 Å². The molecule has 0 N–H and O–H groups in total. The van der Waals surface area contributed by atoms with Crippen LogP contribution >= 0.6 is 15.9 Å². The van der Waals surface area contributed by atoms with Crippen molar-refractivity contribution in [3.8, 4) is 0 Å². The van der Waals surface area contributed by atoms with E-state index in [1.54, 1.807) is 0 Å². The van der Waals surface area contributed by atoms with Crippen LogP contribution in [0.1, 0.15) is 12.1 Å². The highest BCUT2D eigenvalue weighted by Gasteiger charge is 2.42. The molecular formula is C9H6BrF4N3O3S. The average molecular weight is 392 g/mol. The van der Waals surface area contributed by atoms with Crippen LogP contribution in [0.25, 0.3) is 0 Å². The fourth-order valence-corrected chi connectivity index (χ4v) is 2.83. The number of hydrogen-bond acceptors (Lipinski definition) is 5. The first-order chi connectivity index (χ1) is 9.50. The Balaban J connectivity index is 2.38. The SMILES string of the molecule is O=C1CC(S(=O)(=O)F)CN1c1ncc(Br)c(C(F)(F)F)n1. The number of halogens is 5. The second-order valence-corrected chi connectivity index (χ2v) is 6.64. The highest BCUT2D eigenvalue weighted by atomic mass is 79.9. The maximum atomic E-state index is 12.9. The first-order valence-electron chi connectivity index (χ1n) is 5.33. The van der Waals surface area contributed by atoms with Crippen LogP contribution in [-0.2, 0) is 21.2 Å². The highest BCUT2D eigenvalue weighted by molar-refractivity contribution is 9.10. The van der Waals surface area contributed by atoms with Crippen molar-refractivity contribution in [3.63, 3.8) is 0 Å². The molecule has 12 heteroatoms. The molecule has 0 radical (unpaired) electrons. The molecule has 1 atom stereocenters. The number of rotatable bonds is 2. The second-order valence-electron chi connectivity index (χ2n) is 4.17. The molecule has 0 saturated carbocycles. The topological polar surface area (TPSA) is 80.2 Å². The number of carbonyl (C=O) groups excluding carboxylic acids is 1. The van der Waals surface area contributed by atoms with Gasteiger partial charge >= 0.3 is 16.4 Å². The van der Waals surface area contributed by atoms with Gasteiger partial charge in [0.1, 0.15) is 5.25 Å². The van der Waals surface area contributed by atoms with Crippen LogP contribution in [0.15, 0.2) is 10.7 Å². The molecule has 1 fully saturated rings. The van der Waals surface area contributed by atoms with Gasteiger partial charge in [0.05, 0.1) is 4.47 Å². The molecule has 1 aromatic heterocycles.